The molecule has 2 aromatic heterocycles. The normalized spacial score (nSPS) is 17.9. The summed E-state index contributed by atoms with van der Waals surface area (Å²) in [6.45, 7) is 5.86. The molecule has 0 unspecified atom stereocenters. The number of anilines is 2. The Balaban J connectivity index is 1.32. The van der Waals surface area contributed by atoms with Crippen LogP contribution in [0, 0.1) is 11.8 Å². The van der Waals surface area contributed by atoms with E-state index in [2.05, 4.69) is 27.0 Å². The Morgan fingerprint density at radius 1 is 1.00 bits per heavy atom. The van der Waals surface area contributed by atoms with E-state index < -0.39 is 10.0 Å². The van der Waals surface area contributed by atoms with Gasteiger partial charge in [0.25, 0.3) is 0 Å². The third kappa shape index (κ3) is 6.37. The van der Waals surface area contributed by atoms with Gasteiger partial charge in [0.15, 0.2) is 11.4 Å². The molecule has 2 N–H and O–H groups in total. The Morgan fingerprint density at radius 2 is 1.72 bits per heavy atom. The molecule has 0 spiro atoms. The van der Waals surface area contributed by atoms with Gasteiger partial charge < -0.3 is 5.32 Å². The zero-order chi connectivity index (χ0) is 27.6. The summed E-state index contributed by atoms with van der Waals surface area (Å²) in [6, 6.07) is 19.6. The number of carbonyl (C=O) groups excluding carboxylic acids is 1. The number of aromatic nitrogens is 3. The van der Waals surface area contributed by atoms with Gasteiger partial charge in [-0.25, -0.2) is 17.7 Å². The second-order valence-corrected chi connectivity index (χ2v) is 12.6. The zero-order valence-corrected chi connectivity index (χ0v) is 23.4. The molecule has 2 aromatic carbocycles. The lowest BCUT2D eigenvalue weighted by Crippen LogP contribution is -2.30. The minimum atomic E-state index is -3.63. The molecular weight excluding hydrogens is 510 g/mol. The average Bonchev–Trinajstić information content (AvgIpc) is 3.32. The summed E-state index contributed by atoms with van der Waals surface area (Å²) < 4.78 is 29.7. The van der Waals surface area contributed by atoms with Crippen LogP contribution < -0.4 is 10.0 Å². The van der Waals surface area contributed by atoms with E-state index in [0.717, 1.165) is 30.0 Å². The van der Waals surface area contributed by atoms with Crippen LogP contribution in [0.1, 0.15) is 63.2 Å². The van der Waals surface area contributed by atoms with E-state index in [1.54, 1.807) is 36.6 Å². The summed E-state index contributed by atoms with van der Waals surface area (Å²) in [5, 5.41) is 7.85. The predicted molar refractivity (Wildman–Crippen MR) is 154 cm³/mol. The first kappa shape index (κ1) is 27.0. The molecule has 5 rings (SSSR count). The molecule has 0 radical (unpaired) electrons. The SMILES string of the molecule is CC1CCC(CC(=O)c2ccc(Nc3nc4cccc(-c5cccc(S(=O)(=O)NC(C)C)c5)n4n3)cc2)CC1. The number of fused-ring (bicyclic) bond motifs is 1. The maximum Gasteiger partial charge on any atom is 0.247 e. The quantitative estimate of drug-likeness (QED) is 0.242. The number of pyridine rings is 1. The van der Waals surface area contributed by atoms with Crippen molar-refractivity contribution in [1.82, 2.24) is 19.3 Å². The molecule has 0 atom stereocenters. The van der Waals surface area contributed by atoms with Crippen molar-refractivity contribution < 1.29 is 13.2 Å². The van der Waals surface area contributed by atoms with E-state index in [0.29, 0.717) is 35.2 Å². The summed E-state index contributed by atoms with van der Waals surface area (Å²) in [4.78, 5) is 17.6. The number of nitrogens with one attached hydrogen (secondary N) is 2. The number of hydrogen-bond acceptors (Lipinski definition) is 6. The van der Waals surface area contributed by atoms with Crippen molar-refractivity contribution in [3.63, 3.8) is 0 Å². The second kappa shape index (κ2) is 11.3. The maximum atomic E-state index is 12.8. The minimum absolute atomic E-state index is 0.192. The standard InChI is InChI=1S/C30H35N5O3S/c1-20(2)34-39(37,38)26-7-4-6-24(19-26)27-8-5-9-29-32-30(33-35(27)29)31-25-16-14-23(15-17-25)28(36)18-22-12-10-21(3)11-13-22/h4-9,14-17,19-22,34H,10-13,18H2,1-3H3,(H,31,33). The second-order valence-electron chi connectivity index (χ2n) is 10.9. The van der Waals surface area contributed by atoms with Crippen molar-refractivity contribution in [3.05, 3.63) is 72.3 Å². The van der Waals surface area contributed by atoms with Gasteiger partial charge in [-0.15, -0.1) is 5.10 Å². The number of rotatable bonds is 9. The molecule has 9 heteroatoms. The van der Waals surface area contributed by atoms with Crippen molar-refractivity contribution in [2.24, 2.45) is 11.8 Å². The first-order valence-corrected chi connectivity index (χ1v) is 15.0. The van der Waals surface area contributed by atoms with Gasteiger partial charge in [0.1, 0.15) is 0 Å². The Kier molecular flexibility index (Phi) is 7.81. The van der Waals surface area contributed by atoms with Crippen LogP contribution >= 0.6 is 0 Å². The van der Waals surface area contributed by atoms with Crippen LogP contribution in [0.3, 0.4) is 0 Å². The molecular formula is C30H35N5O3S. The molecule has 204 valence electrons. The average molecular weight is 546 g/mol. The van der Waals surface area contributed by atoms with Gasteiger partial charge >= 0.3 is 0 Å². The molecule has 0 aliphatic heterocycles. The number of sulfonamides is 1. The minimum Gasteiger partial charge on any atom is -0.323 e. The molecule has 39 heavy (non-hydrogen) atoms. The van der Waals surface area contributed by atoms with Crippen molar-refractivity contribution in [1.29, 1.82) is 0 Å². The fourth-order valence-corrected chi connectivity index (χ4v) is 6.46. The number of Topliss-reactive ketones (excluding diaryl/α,β-unsaturated/α-hetero) is 1. The zero-order valence-electron chi connectivity index (χ0n) is 22.6. The summed E-state index contributed by atoms with van der Waals surface area (Å²) >= 11 is 0. The highest BCUT2D eigenvalue weighted by molar-refractivity contribution is 7.89. The van der Waals surface area contributed by atoms with Crippen molar-refractivity contribution in [2.75, 3.05) is 5.32 Å². The Morgan fingerprint density at radius 3 is 2.44 bits per heavy atom. The van der Waals surface area contributed by atoms with E-state index >= 15 is 0 Å². The first-order chi connectivity index (χ1) is 18.7. The monoisotopic (exact) mass is 545 g/mol. The lowest BCUT2D eigenvalue weighted by atomic mass is 9.80. The number of benzene rings is 2. The molecule has 0 bridgehead atoms. The van der Waals surface area contributed by atoms with Crippen LogP contribution in [0.15, 0.2) is 71.6 Å². The molecule has 0 saturated heterocycles. The van der Waals surface area contributed by atoms with Crippen LogP contribution in [0.5, 0.6) is 0 Å². The topological polar surface area (TPSA) is 105 Å². The van der Waals surface area contributed by atoms with E-state index in [9.17, 15) is 13.2 Å². The lowest BCUT2D eigenvalue weighted by Gasteiger charge is -2.25. The van der Waals surface area contributed by atoms with Crippen LogP contribution in [0.4, 0.5) is 11.6 Å². The van der Waals surface area contributed by atoms with Gasteiger partial charge in [-0.3, -0.25) is 4.79 Å². The summed E-state index contributed by atoms with van der Waals surface area (Å²) in [6.07, 6.45) is 5.33. The Labute approximate surface area is 229 Å². The molecule has 2 heterocycles. The van der Waals surface area contributed by atoms with Gasteiger partial charge in [-0.05, 0) is 87.1 Å². The van der Waals surface area contributed by atoms with Crippen molar-refractivity contribution in [2.45, 2.75) is 63.8 Å². The smallest absolute Gasteiger partial charge is 0.247 e. The van der Waals surface area contributed by atoms with Crippen LogP contribution in [0.2, 0.25) is 0 Å². The van der Waals surface area contributed by atoms with Crippen LogP contribution in [-0.2, 0) is 10.0 Å². The molecule has 1 aliphatic carbocycles. The van der Waals surface area contributed by atoms with Crippen LogP contribution in [-0.4, -0.2) is 34.8 Å². The molecule has 0 amide bonds. The maximum absolute atomic E-state index is 12.8. The third-order valence-corrected chi connectivity index (χ3v) is 8.92. The van der Waals surface area contributed by atoms with Crippen LogP contribution in [0.25, 0.3) is 16.9 Å². The number of nitrogens with zero attached hydrogens (tertiary/aromatic N) is 3. The van der Waals surface area contributed by atoms with Gasteiger partial charge in [-0.1, -0.05) is 38.0 Å². The number of hydrogen-bond donors (Lipinski definition) is 2. The number of carbonyl (C=O) groups is 1. The highest BCUT2D eigenvalue weighted by Crippen LogP contribution is 2.31. The summed E-state index contributed by atoms with van der Waals surface area (Å²) in [5.41, 5.74) is 3.55. The third-order valence-electron chi connectivity index (χ3n) is 7.26. The Hall–Kier alpha value is -3.56. The van der Waals surface area contributed by atoms with E-state index in [1.165, 1.54) is 12.8 Å². The van der Waals surface area contributed by atoms with Gasteiger partial charge in [-0.2, -0.15) is 4.98 Å². The van der Waals surface area contributed by atoms with E-state index in [1.807, 2.05) is 48.5 Å². The molecule has 1 aliphatic rings. The fraction of sp³-hybridized carbons (Fsp3) is 0.367. The Bertz CT molecular complexity index is 1570. The van der Waals surface area contributed by atoms with Gasteiger partial charge in [0.2, 0.25) is 16.0 Å². The van der Waals surface area contributed by atoms with Gasteiger partial charge in [0, 0.05) is 29.3 Å². The molecule has 1 fully saturated rings. The molecule has 1 saturated carbocycles. The largest absolute Gasteiger partial charge is 0.323 e. The molecule has 4 aromatic rings. The fourth-order valence-electron chi connectivity index (χ4n) is 5.16. The first-order valence-electron chi connectivity index (χ1n) is 13.6. The highest BCUT2D eigenvalue weighted by atomic mass is 32.2. The summed E-state index contributed by atoms with van der Waals surface area (Å²) in [7, 11) is -3.63. The van der Waals surface area contributed by atoms with E-state index in [4.69, 9.17) is 0 Å². The van der Waals surface area contributed by atoms with Gasteiger partial charge in [0.05, 0.1) is 10.6 Å². The van der Waals surface area contributed by atoms with Crippen molar-refractivity contribution in [3.8, 4) is 11.3 Å². The molecule has 8 nitrogen and oxygen atoms in total. The highest BCUT2D eigenvalue weighted by Gasteiger charge is 2.21. The number of ketones is 1. The van der Waals surface area contributed by atoms with E-state index in [-0.39, 0.29) is 16.7 Å². The van der Waals surface area contributed by atoms with Crippen molar-refractivity contribution >= 4 is 33.1 Å². The predicted octanol–water partition coefficient (Wildman–Crippen LogP) is 6.23. The summed E-state index contributed by atoms with van der Waals surface area (Å²) in [5.74, 6) is 1.88. The lowest BCUT2D eigenvalue weighted by molar-refractivity contribution is 0.0944.